The molecule has 0 N–H and O–H groups in total. The van der Waals surface area contributed by atoms with E-state index in [-0.39, 0.29) is 19.3 Å². The SMILES string of the molecule is CC1OB(c2ccc(N(c3ccc(-c4ccccc4)cc3)c3ccc(-c4ccccc4)cc3)c3ccccc23)OC1C. The van der Waals surface area contributed by atoms with Crippen molar-refractivity contribution in [3.05, 3.63) is 146 Å². The fourth-order valence-corrected chi connectivity index (χ4v) is 5.79. The monoisotopic (exact) mass is 545 g/mol. The zero-order chi connectivity index (χ0) is 28.5. The summed E-state index contributed by atoms with van der Waals surface area (Å²) in [5.74, 6) is 0. The molecule has 0 radical (unpaired) electrons. The van der Waals surface area contributed by atoms with E-state index in [2.05, 4.69) is 164 Å². The summed E-state index contributed by atoms with van der Waals surface area (Å²) in [5, 5.41) is 2.28. The molecule has 6 aromatic rings. The summed E-state index contributed by atoms with van der Waals surface area (Å²) < 4.78 is 12.4. The number of benzene rings is 6. The van der Waals surface area contributed by atoms with Crippen LogP contribution in [0.5, 0.6) is 0 Å². The van der Waals surface area contributed by atoms with E-state index in [1.54, 1.807) is 0 Å². The summed E-state index contributed by atoms with van der Waals surface area (Å²) in [5.41, 5.74) is 9.15. The van der Waals surface area contributed by atoms with Crippen LogP contribution in [-0.2, 0) is 9.31 Å². The van der Waals surface area contributed by atoms with Gasteiger partial charge in [0.2, 0.25) is 0 Å². The second-order valence-electron chi connectivity index (χ2n) is 10.9. The van der Waals surface area contributed by atoms with Crippen LogP contribution in [0.2, 0.25) is 0 Å². The van der Waals surface area contributed by atoms with Crippen molar-refractivity contribution in [2.45, 2.75) is 26.1 Å². The molecule has 0 saturated carbocycles. The van der Waals surface area contributed by atoms with Crippen molar-refractivity contribution in [3.8, 4) is 22.3 Å². The van der Waals surface area contributed by atoms with Crippen LogP contribution in [0.15, 0.2) is 146 Å². The van der Waals surface area contributed by atoms with E-state index < -0.39 is 0 Å². The maximum absolute atomic E-state index is 6.21. The van der Waals surface area contributed by atoms with Crippen LogP contribution in [0, 0.1) is 0 Å². The van der Waals surface area contributed by atoms with E-state index in [9.17, 15) is 0 Å². The summed E-state index contributed by atoms with van der Waals surface area (Å²) >= 11 is 0. The number of nitrogens with zero attached hydrogens (tertiary/aromatic N) is 1. The van der Waals surface area contributed by atoms with Gasteiger partial charge in [0.1, 0.15) is 0 Å². The Morgan fingerprint density at radius 1 is 0.452 bits per heavy atom. The Kier molecular flexibility index (Phi) is 7.09. The maximum Gasteiger partial charge on any atom is 0.495 e. The first-order chi connectivity index (χ1) is 20.7. The van der Waals surface area contributed by atoms with Gasteiger partial charge in [0, 0.05) is 16.8 Å². The largest absolute Gasteiger partial charge is 0.495 e. The molecule has 0 bridgehead atoms. The first kappa shape index (κ1) is 26.3. The number of hydrogen-bond donors (Lipinski definition) is 0. The van der Waals surface area contributed by atoms with Crippen molar-refractivity contribution in [3.63, 3.8) is 0 Å². The fraction of sp³-hybridized carbons (Fsp3) is 0.105. The van der Waals surface area contributed by atoms with Gasteiger partial charge in [0.05, 0.1) is 17.9 Å². The second-order valence-corrected chi connectivity index (χ2v) is 10.9. The molecule has 1 saturated heterocycles. The molecule has 1 heterocycles. The van der Waals surface area contributed by atoms with Gasteiger partial charge in [-0.2, -0.15) is 0 Å². The van der Waals surface area contributed by atoms with Gasteiger partial charge >= 0.3 is 7.12 Å². The lowest BCUT2D eigenvalue weighted by molar-refractivity contribution is 0.187. The zero-order valence-corrected chi connectivity index (χ0v) is 23.9. The Labute approximate surface area is 248 Å². The molecular weight excluding hydrogens is 513 g/mol. The molecule has 0 amide bonds. The lowest BCUT2D eigenvalue weighted by atomic mass is 9.76. The molecular formula is C38H32BNO2. The van der Waals surface area contributed by atoms with Gasteiger partial charge in [-0.15, -0.1) is 0 Å². The lowest BCUT2D eigenvalue weighted by Gasteiger charge is -2.28. The number of hydrogen-bond acceptors (Lipinski definition) is 3. The van der Waals surface area contributed by atoms with Crippen molar-refractivity contribution >= 4 is 40.4 Å². The highest BCUT2D eigenvalue weighted by Crippen LogP contribution is 2.40. The molecule has 3 nitrogen and oxygen atoms in total. The minimum absolute atomic E-state index is 0.0520. The Balaban J connectivity index is 1.35. The summed E-state index contributed by atoms with van der Waals surface area (Å²) in [6.45, 7) is 4.14. The van der Waals surface area contributed by atoms with Gasteiger partial charge < -0.3 is 14.2 Å². The van der Waals surface area contributed by atoms with Crippen LogP contribution in [0.3, 0.4) is 0 Å². The van der Waals surface area contributed by atoms with E-state index in [0.717, 1.165) is 33.3 Å². The van der Waals surface area contributed by atoms with Crippen molar-refractivity contribution < 1.29 is 9.31 Å². The standard InChI is InChI=1S/C38H32BNO2/c1-27-28(2)42-39(41-27)37-25-26-38(36-16-10-9-15-35(36)37)40(33-21-17-31(18-22-33)29-11-5-3-6-12-29)34-23-19-32(20-24-34)30-13-7-4-8-14-30/h3-28H,1-2H3. The van der Waals surface area contributed by atoms with Crippen LogP contribution in [-0.4, -0.2) is 19.3 Å². The van der Waals surface area contributed by atoms with E-state index in [1.807, 2.05) is 0 Å². The predicted octanol–water partition coefficient (Wildman–Crippen LogP) is 9.16. The Morgan fingerprint density at radius 2 is 0.881 bits per heavy atom. The van der Waals surface area contributed by atoms with Gasteiger partial charge in [0.15, 0.2) is 0 Å². The summed E-state index contributed by atoms with van der Waals surface area (Å²) in [6, 6.07) is 51.6. The van der Waals surface area contributed by atoms with Crippen LogP contribution in [0.25, 0.3) is 33.0 Å². The molecule has 0 spiro atoms. The van der Waals surface area contributed by atoms with Crippen LogP contribution in [0.1, 0.15) is 13.8 Å². The third-order valence-electron chi connectivity index (χ3n) is 8.23. The van der Waals surface area contributed by atoms with Gasteiger partial charge in [-0.1, -0.05) is 115 Å². The van der Waals surface area contributed by atoms with Crippen LogP contribution >= 0.6 is 0 Å². The van der Waals surface area contributed by atoms with Gasteiger partial charge in [-0.25, -0.2) is 0 Å². The molecule has 6 aromatic carbocycles. The normalized spacial score (nSPS) is 16.6. The van der Waals surface area contributed by atoms with Crippen LogP contribution in [0.4, 0.5) is 17.1 Å². The number of anilines is 3. The summed E-state index contributed by atoms with van der Waals surface area (Å²) in [7, 11) is -0.377. The molecule has 1 aliphatic heterocycles. The van der Waals surface area contributed by atoms with E-state index in [0.29, 0.717) is 0 Å². The minimum Gasteiger partial charge on any atom is -0.402 e. The third kappa shape index (κ3) is 5.00. The van der Waals surface area contributed by atoms with E-state index in [4.69, 9.17) is 9.31 Å². The first-order valence-electron chi connectivity index (χ1n) is 14.6. The third-order valence-corrected chi connectivity index (χ3v) is 8.23. The van der Waals surface area contributed by atoms with Gasteiger partial charge in [-0.3, -0.25) is 0 Å². The Morgan fingerprint density at radius 3 is 1.38 bits per heavy atom. The lowest BCUT2D eigenvalue weighted by Crippen LogP contribution is -2.33. The highest BCUT2D eigenvalue weighted by molar-refractivity contribution is 6.65. The zero-order valence-electron chi connectivity index (χ0n) is 23.9. The van der Waals surface area contributed by atoms with Gasteiger partial charge in [0.25, 0.3) is 0 Å². The van der Waals surface area contributed by atoms with Crippen molar-refractivity contribution in [1.82, 2.24) is 0 Å². The highest BCUT2D eigenvalue weighted by atomic mass is 16.7. The molecule has 42 heavy (non-hydrogen) atoms. The molecule has 7 rings (SSSR count). The molecule has 0 aliphatic carbocycles. The first-order valence-corrected chi connectivity index (χ1v) is 14.6. The topological polar surface area (TPSA) is 21.7 Å². The Bertz CT molecular complexity index is 1710. The molecule has 4 heteroatoms. The fourth-order valence-electron chi connectivity index (χ4n) is 5.79. The van der Waals surface area contributed by atoms with E-state index >= 15 is 0 Å². The Hall–Kier alpha value is -4.64. The van der Waals surface area contributed by atoms with Crippen LogP contribution < -0.4 is 10.4 Å². The molecule has 2 unspecified atom stereocenters. The summed E-state index contributed by atoms with van der Waals surface area (Å²) in [6.07, 6.45) is 0.104. The number of rotatable bonds is 6. The van der Waals surface area contributed by atoms with E-state index in [1.165, 1.54) is 22.3 Å². The quantitative estimate of drug-likeness (QED) is 0.195. The highest BCUT2D eigenvalue weighted by Gasteiger charge is 2.37. The smallest absolute Gasteiger partial charge is 0.402 e. The molecule has 1 fully saturated rings. The average Bonchev–Trinajstić information content (AvgIpc) is 3.40. The molecule has 204 valence electrons. The summed E-state index contributed by atoms with van der Waals surface area (Å²) in [4.78, 5) is 2.34. The van der Waals surface area contributed by atoms with Crippen molar-refractivity contribution in [2.24, 2.45) is 0 Å². The minimum atomic E-state index is -0.377. The number of fused-ring (bicyclic) bond motifs is 1. The second kappa shape index (κ2) is 11.3. The average molecular weight is 545 g/mol. The molecule has 0 aromatic heterocycles. The maximum atomic E-state index is 6.21. The van der Waals surface area contributed by atoms with Crippen molar-refractivity contribution in [1.29, 1.82) is 0 Å². The molecule has 2 atom stereocenters. The van der Waals surface area contributed by atoms with Crippen molar-refractivity contribution in [2.75, 3.05) is 4.90 Å². The molecule has 1 aliphatic rings. The predicted molar refractivity (Wildman–Crippen MR) is 176 cm³/mol. The van der Waals surface area contributed by atoms with Gasteiger partial charge in [-0.05, 0) is 77.3 Å².